The number of halogens is 1. The molecule has 3 nitrogen and oxygen atoms in total. The van der Waals surface area contributed by atoms with Crippen molar-refractivity contribution in [3.8, 4) is 0 Å². The molecule has 2 rings (SSSR count). The lowest BCUT2D eigenvalue weighted by atomic mass is 10.2. The second-order valence-electron chi connectivity index (χ2n) is 3.99. The van der Waals surface area contributed by atoms with Crippen molar-refractivity contribution in [1.82, 2.24) is 0 Å². The van der Waals surface area contributed by atoms with Gasteiger partial charge in [0.25, 0.3) is 0 Å². The minimum atomic E-state index is -0.700. The Balaban J connectivity index is 2.00. The van der Waals surface area contributed by atoms with Gasteiger partial charge >= 0.3 is 5.97 Å². The molecular weight excluding hydrogens is 187 g/mol. The lowest BCUT2D eigenvalue weighted by Crippen LogP contribution is -2.17. The zero-order valence-electron chi connectivity index (χ0n) is 7.99. The number of ketones is 1. The summed E-state index contributed by atoms with van der Waals surface area (Å²) in [6.07, 6.45) is 1.05. The third-order valence-corrected chi connectivity index (χ3v) is 2.58. The maximum absolute atomic E-state index is 12.7. The molecule has 0 N–H and O–H groups in total. The van der Waals surface area contributed by atoms with Crippen LogP contribution in [0.2, 0.25) is 0 Å². The molecule has 2 aliphatic carbocycles. The van der Waals surface area contributed by atoms with Gasteiger partial charge in [-0.3, -0.25) is 9.59 Å². The van der Waals surface area contributed by atoms with Crippen molar-refractivity contribution >= 4 is 11.8 Å². The average molecular weight is 198 g/mol. The molecule has 2 aliphatic rings. The van der Waals surface area contributed by atoms with Gasteiger partial charge in [-0.05, 0) is 19.9 Å². The molecule has 4 heteroatoms. The number of hydrogen-bond acceptors (Lipinski definition) is 3. The lowest BCUT2D eigenvalue weighted by molar-refractivity contribution is -0.150. The van der Waals surface area contributed by atoms with E-state index in [0.717, 1.165) is 0 Å². The van der Waals surface area contributed by atoms with E-state index in [2.05, 4.69) is 0 Å². The number of carbonyl (C=O) groups excluding carboxylic acids is 2. The van der Waals surface area contributed by atoms with Crippen LogP contribution >= 0.6 is 0 Å². The third-order valence-electron chi connectivity index (χ3n) is 2.58. The highest BCUT2D eigenvalue weighted by Crippen LogP contribution is 2.54. The van der Waals surface area contributed by atoms with Gasteiger partial charge in [0.05, 0.1) is 12.0 Å². The van der Waals surface area contributed by atoms with Gasteiger partial charge in [0.15, 0.2) is 11.6 Å². The van der Waals surface area contributed by atoms with Gasteiger partial charge in [-0.15, -0.1) is 0 Å². The Hall–Kier alpha value is -1.19. The van der Waals surface area contributed by atoms with E-state index in [9.17, 15) is 14.0 Å². The van der Waals surface area contributed by atoms with Crippen LogP contribution in [0.4, 0.5) is 4.39 Å². The fourth-order valence-electron chi connectivity index (χ4n) is 1.90. The first-order valence-electron chi connectivity index (χ1n) is 4.64. The molecule has 0 amide bonds. The SMILES string of the molecule is CC(C)OC(=O)C1C2C=C(F)C(=O)C21. The highest BCUT2D eigenvalue weighted by molar-refractivity contribution is 6.05. The summed E-state index contributed by atoms with van der Waals surface area (Å²) >= 11 is 0. The molecule has 0 radical (unpaired) electrons. The number of hydrogen-bond donors (Lipinski definition) is 0. The molecule has 0 bridgehead atoms. The number of Topliss-reactive ketones (excluding diaryl/α,β-unsaturated/α-hetero) is 1. The van der Waals surface area contributed by atoms with Gasteiger partial charge in [-0.1, -0.05) is 0 Å². The summed E-state index contributed by atoms with van der Waals surface area (Å²) in [5, 5.41) is 0. The van der Waals surface area contributed by atoms with Crippen molar-refractivity contribution in [2.24, 2.45) is 17.8 Å². The van der Waals surface area contributed by atoms with Crippen molar-refractivity contribution in [2.75, 3.05) is 0 Å². The van der Waals surface area contributed by atoms with Crippen LogP contribution in [-0.4, -0.2) is 17.9 Å². The van der Waals surface area contributed by atoms with Crippen molar-refractivity contribution in [1.29, 1.82) is 0 Å². The smallest absolute Gasteiger partial charge is 0.310 e. The minimum absolute atomic E-state index is 0.187. The van der Waals surface area contributed by atoms with E-state index in [4.69, 9.17) is 4.74 Å². The molecule has 0 spiro atoms. The molecule has 3 atom stereocenters. The first kappa shape index (κ1) is 9.37. The van der Waals surface area contributed by atoms with E-state index in [0.29, 0.717) is 0 Å². The Morgan fingerprint density at radius 2 is 2.21 bits per heavy atom. The number of rotatable bonds is 2. The number of ether oxygens (including phenoxy) is 1. The second kappa shape index (κ2) is 2.90. The summed E-state index contributed by atoms with van der Waals surface area (Å²) in [6, 6.07) is 0. The van der Waals surface area contributed by atoms with E-state index in [-0.39, 0.29) is 18.0 Å². The van der Waals surface area contributed by atoms with Crippen molar-refractivity contribution in [3.63, 3.8) is 0 Å². The molecule has 0 heterocycles. The second-order valence-corrected chi connectivity index (χ2v) is 3.99. The van der Waals surface area contributed by atoms with E-state index < -0.39 is 23.4 Å². The number of esters is 1. The topological polar surface area (TPSA) is 43.4 Å². The quantitative estimate of drug-likeness (QED) is 0.627. The number of carbonyl (C=O) groups is 2. The first-order valence-corrected chi connectivity index (χ1v) is 4.64. The van der Waals surface area contributed by atoms with E-state index >= 15 is 0 Å². The molecule has 14 heavy (non-hydrogen) atoms. The summed E-state index contributed by atoms with van der Waals surface area (Å²) in [5.74, 6) is -2.76. The largest absolute Gasteiger partial charge is 0.463 e. The molecule has 0 aromatic rings. The number of allylic oxidation sites excluding steroid dienone is 2. The molecule has 1 saturated carbocycles. The molecule has 0 aromatic carbocycles. The summed E-state index contributed by atoms with van der Waals surface area (Å²) in [7, 11) is 0. The first-order chi connectivity index (χ1) is 6.52. The summed E-state index contributed by atoms with van der Waals surface area (Å²) in [5.41, 5.74) is 0. The Kier molecular flexibility index (Phi) is 1.94. The van der Waals surface area contributed by atoms with E-state index in [1.165, 1.54) is 6.08 Å². The van der Waals surface area contributed by atoms with Gasteiger partial charge in [0.2, 0.25) is 0 Å². The molecule has 0 aliphatic heterocycles. The van der Waals surface area contributed by atoms with Crippen molar-refractivity contribution < 1.29 is 18.7 Å². The fraction of sp³-hybridized carbons (Fsp3) is 0.600. The highest BCUT2D eigenvalue weighted by atomic mass is 19.1. The van der Waals surface area contributed by atoms with Crippen LogP contribution in [0.25, 0.3) is 0 Å². The molecule has 1 fully saturated rings. The third kappa shape index (κ3) is 1.25. The van der Waals surface area contributed by atoms with Gasteiger partial charge < -0.3 is 4.74 Å². The van der Waals surface area contributed by atoms with Gasteiger partial charge in [0.1, 0.15) is 0 Å². The Morgan fingerprint density at radius 1 is 1.57 bits per heavy atom. The lowest BCUT2D eigenvalue weighted by Gasteiger charge is -2.07. The maximum Gasteiger partial charge on any atom is 0.310 e. The molecular formula is C10H11FO3. The summed E-state index contributed by atoms with van der Waals surface area (Å²) < 4.78 is 17.6. The van der Waals surface area contributed by atoms with Crippen molar-refractivity contribution in [2.45, 2.75) is 20.0 Å². The van der Waals surface area contributed by atoms with E-state index in [1.54, 1.807) is 13.8 Å². The minimum Gasteiger partial charge on any atom is -0.463 e. The van der Waals surface area contributed by atoms with Gasteiger partial charge in [-0.2, -0.15) is 0 Å². The zero-order valence-corrected chi connectivity index (χ0v) is 7.99. The molecule has 3 unspecified atom stereocenters. The van der Waals surface area contributed by atoms with Crippen LogP contribution in [-0.2, 0) is 14.3 Å². The fourth-order valence-corrected chi connectivity index (χ4v) is 1.90. The molecule has 0 aromatic heterocycles. The van der Waals surface area contributed by atoms with E-state index in [1.807, 2.05) is 0 Å². The van der Waals surface area contributed by atoms with Crippen LogP contribution in [0.3, 0.4) is 0 Å². The predicted molar refractivity (Wildman–Crippen MR) is 45.9 cm³/mol. The number of fused-ring (bicyclic) bond motifs is 1. The normalized spacial score (nSPS) is 34.1. The van der Waals surface area contributed by atoms with Crippen LogP contribution < -0.4 is 0 Å². The standard InChI is InChI=1S/C10H11FO3/c1-4(2)14-10(13)8-5-3-6(11)9(12)7(5)8/h3-5,7-8H,1-2H3. The van der Waals surface area contributed by atoms with Crippen LogP contribution in [0.15, 0.2) is 11.9 Å². The van der Waals surface area contributed by atoms with Crippen LogP contribution in [0.1, 0.15) is 13.8 Å². The van der Waals surface area contributed by atoms with Crippen molar-refractivity contribution in [3.05, 3.63) is 11.9 Å². The predicted octanol–water partition coefficient (Wildman–Crippen LogP) is 1.24. The average Bonchev–Trinajstić information content (AvgIpc) is 2.68. The van der Waals surface area contributed by atoms with Crippen LogP contribution in [0, 0.1) is 17.8 Å². The maximum atomic E-state index is 12.7. The molecule has 0 saturated heterocycles. The monoisotopic (exact) mass is 198 g/mol. The summed E-state index contributed by atoms with van der Waals surface area (Å²) in [6.45, 7) is 3.49. The zero-order chi connectivity index (χ0) is 10.5. The highest BCUT2D eigenvalue weighted by Gasteiger charge is 2.63. The van der Waals surface area contributed by atoms with Crippen LogP contribution in [0.5, 0.6) is 0 Å². The Labute approximate surface area is 80.9 Å². The molecule has 76 valence electrons. The Morgan fingerprint density at radius 3 is 2.64 bits per heavy atom. The Bertz CT molecular complexity index is 332. The van der Waals surface area contributed by atoms with Gasteiger partial charge in [-0.25, -0.2) is 4.39 Å². The van der Waals surface area contributed by atoms with Gasteiger partial charge in [0, 0.05) is 11.8 Å². The summed E-state index contributed by atoms with van der Waals surface area (Å²) in [4.78, 5) is 22.5.